The van der Waals surface area contributed by atoms with E-state index in [2.05, 4.69) is 31.1 Å². The Hall–Kier alpha value is -0.800. The highest BCUT2D eigenvalue weighted by molar-refractivity contribution is 5.04. The molecule has 14 heavy (non-hydrogen) atoms. The Labute approximate surface area is 86.1 Å². The maximum Gasteiger partial charge on any atom is 0.0947 e. The minimum atomic E-state index is 0.567. The van der Waals surface area contributed by atoms with Gasteiger partial charge in [-0.25, -0.2) is 0 Å². The van der Waals surface area contributed by atoms with Gasteiger partial charge in [-0.15, -0.1) is 0 Å². The summed E-state index contributed by atoms with van der Waals surface area (Å²) in [6.45, 7) is 7.37. The first-order chi connectivity index (χ1) is 6.68. The molecular formula is C11H20N2O. The zero-order valence-electron chi connectivity index (χ0n) is 9.29. The van der Waals surface area contributed by atoms with Gasteiger partial charge in [-0.2, -0.15) is 0 Å². The van der Waals surface area contributed by atoms with Gasteiger partial charge in [0.25, 0.3) is 0 Å². The molecule has 0 radical (unpaired) electrons. The van der Waals surface area contributed by atoms with Crippen LogP contribution in [-0.4, -0.2) is 31.1 Å². The van der Waals surface area contributed by atoms with Crippen molar-refractivity contribution in [2.45, 2.75) is 26.4 Å². The Morgan fingerprint density at radius 3 is 2.86 bits per heavy atom. The number of rotatable bonds is 6. The molecule has 0 saturated carbocycles. The van der Waals surface area contributed by atoms with Crippen molar-refractivity contribution in [1.29, 1.82) is 0 Å². The van der Waals surface area contributed by atoms with Crippen LogP contribution < -0.4 is 5.32 Å². The van der Waals surface area contributed by atoms with Crippen LogP contribution in [0.2, 0.25) is 0 Å². The molecule has 0 amide bonds. The molecule has 0 fully saturated rings. The molecule has 0 aromatic carbocycles. The molecule has 1 aromatic rings. The molecule has 3 heteroatoms. The average Bonchev–Trinajstić information content (AvgIpc) is 2.56. The van der Waals surface area contributed by atoms with Gasteiger partial charge < -0.3 is 14.6 Å². The van der Waals surface area contributed by atoms with Crippen molar-refractivity contribution in [2.24, 2.45) is 0 Å². The van der Waals surface area contributed by atoms with Crippen molar-refractivity contribution in [3.63, 3.8) is 0 Å². The second-order valence-corrected chi connectivity index (χ2v) is 3.98. The highest BCUT2D eigenvalue weighted by Gasteiger charge is 2.01. The summed E-state index contributed by atoms with van der Waals surface area (Å²) in [6, 6.07) is 2.57. The zero-order chi connectivity index (χ0) is 10.4. The quantitative estimate of drug-likeness (QED) is 0.751. The van der Waals surface area contributed by atoms with Gasteiger partial charge in [0.1, 0.15) is 0 Å². The van der Waals surface area contributed by atoms with Gasteiger partial charge in [0.05, 0.1) is 12.5 Å². The monoisotopic (exact) mass is 196 g/mol. The first-order valence-electron chi connectivity index (χ1n) is 5.11. The summed E-state index contributed by atoms with van der Waals surface area (Å²) in [6.07, 6.45) is 3.52. The Morgan fingerprint density at radius 2 is 2.29 bits per heavy atom. The lowest BCUT2D eigenvalue weighted by molar-refractivity contribution is 0.319. The molecule has 0 aliphatic carbocycles. The predicted molar refractivity (Wildman–Crippen MR) is 58.2 cm³/mol. The lowest BCUT2D eigenvalue weighted by atomic mass is 10.3. The molecule has 0 atom stereocenters. The second-order valence-electron chi connectivity index (χ2n) is 3.98. The summed E-state index contributed by atoms with van der Waals surface area (Å²) in [5.74, 6) is 0. The molecule has 0 aliphatic heterocycles. The van der Waals surface area contributed by atoms with Crippen LogP contribution >= 0.6 is 0 Å². The highest BCUT2D eigenvalue weighted by atomic mass is 16.3. The Balaban J connectivity index is 2.13. The van der Waals surface area contributed by atoms with Crippen molar-refractivity contribution in [1.82, 2.24) is 10.2 Å². The van der Waals surface area contributed by atoms with E-state index in [0.29, 0.717) is 6.04 Å². The molecular weight excluding hydrogens is 176 g/mol. The average molecular weight is 196 g/mol. The topological polar surface area (TPSA) is 28.4 Å². The normalized spacial score (nSPS) is 11.5. The molecule has 1 heterocycles. The summed E-state index contributed by atoms with van der Waals surface area (Å²) < 4.78 is 5.02. The number of hydrogen-bond acceptors (Lipinski definition) is 3. The first kappa shape index (κ1) is 11.3. The van der Waals surface area contributed by atoms with Crippen LogP contribution in [0.25, 0.3) is 0 Å². The molecule has 0 unspecified atom stereocenters. The summed E-state index contributed by atoms with van der Waals surface area (Å²) in [4.78, 5) is 2.28. The number of nitrogens with zero attached hydrogens (tertiary/aromatic N) is 1. The zero-order valence-corrected chi connectivity index (χ0v) is 9.29. The van der Waals surface area contributed by atoms with Crippen molar-refractivity contribution in [3.05, 3.63) is 24.2 Å². The van der Waals surface area contributed by atoms with Gasteiger partial charge in [0, 0.05) is 31.2 Å². The van der Waals surface area contributed by atoms with Crippen LogP contribution in [-0.2, 0) is 6.54 Å². The molecule has 1 rings (SSSR count). The molecule has 1 N–H and O–H groups in total. The number of hydrogen-bond donors (Lipinski definition) is 1. The molecule has 1 aromatic heterocycles. The second kappa shape index (κ2) is 5.83. The highest BCUT2D eigenvalue weighted by Crippen LogP contribution is 2.02. The molecule has 3 nitrogen and oxygen atoms in total. The van der Waals surface area contributed by atoms with Gasteiger partial charge in [-0.1, -0.05) is 13.8 Å². The van der Waals surface area contributed by atoms with Crippen LogP contribution in [0.3, 0.4) is 0 Å². The number of likely N-dealkylation sites (N-methyl/N-ethyl adjacent to an activating group) is 1. The van der Waals surface area contributed by atoms with E-state index in [-0.39, 0.29) is 0 Å². The van der Waals surface area contributed by atoms with E-state index in [4.69, 9.17) is 4.42 Å². The van der Waals surface area contributed by atoms with Gasteiger partial charge in [-0.05, 0) is 13.1 Å². The Bertz CT molecular complexity index is 231. The van der Waals surface area contributed by atoms with Crippen LogP contribution in [0, 0.1) is 0 Å². The first-order valence-corrected chi connectivity index (χ1v) is 5.11. The standard InChI is InChI=1S/C11H20N2O/c1-10(2)12-5-6-13(3)8-11-4-7-14-9-11/h4,7,9-10,12H,5-6,8H2,1-3H3. The fourth-order valence-corrected chi connectivity index (χ4v) is 1.32. The minimum Gasteiger partial charge on any atom is -0.472 e. The van der Waals surface area contributed by atoms with Crippen LogP contribution in [0.5, 0.6) is 0 Å². The lowest BCUT2D eigenvalue weighted by Crippen LogP contribution is -2.32. The molecule has 80 valence electrons. The van der Waals surface area contributed by atoms with E-state index in [1.54, 1.807) is 12.5 Å². The SMILES string of the molecule is CC(C)NCCN(C)Cc1ccoc1. The summed E-state index contributed by atoms with van der Waals surface area (Å²) in [7, 11) is 2.12. The third-order valence-electron chi connectivity index (χ3n) is 2.08. The maximum absolute atomic E-state index is 5.02. The third kappa shape index (κ3) is 4.44. The van der Waals surface area contributed by atoms with E-state index in [9.17, 15) is 0 Å². The van der Waals surface area contributed by atoms with Crippen molar-refractivity contribution < 1.29 is 4.42 Å². The van der Waals surface area contributed by atoms with E-state index in [1.165, 1.54) is 5.56 Å². The van der Waals surface area contributed by atoms with Crippen LogP contribution in [0.4, 0.5) is 0 Å². The molecule has 0 aliphatic rings. The Kier molecular flexibility index (Phi) is 4.70. The van der Waals surface area contributed by atoms with Crippen LogP contribution in [0.15, 0.2) is 23.0 Å². The molecule has 0 bridgehead atoms. The molecule has 0 saturated heterocycles. The third-order valence-corrected chi connectivity index (χ3v) is 2.08. The summed E-state index contributed by atoms with van der Waals surface area (Å²) >= 11 is 0. The minimum absolute atomic E-state index is 0.567. The van der Waals surface area contributed by atoms with Crippen LogP contribution in [0.1, 0.15) is 19.4 Å². The van der Waals surface area contributed by atoms with E-state index < -0.39 is 0 Å². The smallest absolute Gasteiger partial charge is 0.0947 e. The van der Waals surface area contributed by atoms with Gasteiger partial charge in [0.15, 0.2) is 0 Å². The van der Waals surface area contributed by atoms with Gasteiger partial charge in [0.2, 0.25) is 0 Å². The number of furan rings is 1. The van der Waals surface area contributed by atoms with Crippen molar-refractivity contribution in [2.75, 3.05) is 20.1 Å². The van der Waals surface area contributed by atoms with Crippen molar-refractivity contribution in [3.8, 4) is 0 Å². The summed E-state index contributed by atoms with van der Waals surface area (Å²) in [5.41, 5.74) is 1.23. The fourth-order valence-electron chi connectivity index (χ4n) is 1.32. The van der Waals surface area contributed by atoms with E-state index in [0.717, 1.165) is 19.6 Å². The van der Waals surface area contributed by atoms with E-state index in [1.807, 2.05) is 6.07 Å². The maximum atomic E-state index is 5.02. The van der Waals surface area contributed by atoms with E-state index >= 15 is 0 Å². The lowest BCUT2D eigenvalue weighted by Gasteiger charge is -2.16. The fraction of sp³-hybridized carbons (Fsp3) is 0.636. The predicted octanol–water partition coefficient (Wildman–Crippen LogP) is 1.71. The number of nitrogens with one attached hydrogen (secondary N) is 1. The largest absolute Gasteiger partial charge is 0.472 e. The summed E-state index contributed by atoms with van der Waals surface area (Å²) in [5, 5.41) is 3.39. The Morgan fingerprint density at radius 1 is 1.50 bits per heavy atom. The van der Waals surface area contributed by atoms with Gasteiger partial charge in [-0.3, -0.25) is 0 Å². The van der Waals surface area contributed by atoms with Gasteiger partial charge >= 0.3 is 0 Å². The van der Waals surface area contributed by atoms with Crippen molar-refractivity contribution >= 4 is 0 Å². The molecule has 0 spiro atoms.